The largest absolute Gasteiger partial charge is 0.491 e. The molecule has 1 aromatic heterocycles. The van der Waals surface area contributed by atoms with Crippen molar-refractivity contribution in [1.29, 1.82) is 0 Å². The molecule has 0 saturated heterocycles. The number of hydrogen-bond acceptors (Lipinski definition) is 3. The van der Waals surface area contributed by atoms with Gasteiger partial charge >= 0.3 is 0 Å². The Bertz CT molecular complexity index is 227. The SMILES string of the molecule is CCOc1cccnc1SC. The third kappa shape index (κ3) is 2.12. The zero-order chi connectivity index (χ0) is 8.10. The zero-order valence-corrected chi connectivity index (χ0v) is 7.52. The molecule has 0 amide bonds. The Morgan fingerprint density at radius 1 is 1.64 bits per heavy atom. The van der Waals surface area contributed by atoms with Gasteiger partial charge < -0.3 is 4.74 Å². The summed E-state index contributed by atoms with van der Waals surface area (Å²) in [5.74, 6) is 0.877. The number of rotatable bonds is 3. The van der Waals surface area contributed by atoms with Crippen molar-refractivity contribution >= 4 is 11.8 Å². The molecule has 1 rings (SSSR count). The summed E-state index contributed by atoms with van der Waals surface area (Å²) in [5, 5.41) is 0.953. The van der Waals surface area contributed by atoms with E-state index in [2.05, 4.69) is 4.98 Å². The lowest BCUT2D eigenvalue weighted by molar-refractivity contribution is 0.329. The van der Waals surface area contributed by atoms with Crippen LogP contribution in [0.5, 0.6) is 5.75 Å². The molecule has 0 aliphatic heterocycles. The predicted octanol–water partition coefficient (Wildman–Crippen LogP) is 2.20. The van der Waals surface area contributed by atoms with E-state index < -0.39 is 0 Å². The first-order chi connectivity index (χ1) is 5.38. The molecule has 0 fully saturated rings. The first-order valence-corrected chi connectivity index (χ1v) is 4.72. The molecule has 0 N–H and O–H groups in total. The van der Waals surface area contributed by atoms with Gasteiger partial charge in [0.15, 0.2) is 5.75 Å². The van der Waals surface area contributed by atoms with E-state index in [1.807, 2.05) is 25.3 Å². The minimum absolute atomic E-state index is 0.694. The molecular formula is C8H11NOS. The highest BCUT2D eigenvalue weighted by Gasteiger charge is 1.99. The second-order valence-electron chi connectivity index (χ2n) is 1.94. The second kappa shape index (κ2) is 4.23. The Labute approximate surface area is 71.0 Å². The summed E-state index contributed by atoms with van der Waals surface area (Å²) in [6, 6.07) is 3.81. The van der Waals surface area contributed by atoms with E-state index in [4.69, 9.17) is 4.74 Å². The Hall–Kier alpha value is -0.700. The van der Waals surface area contributed by atoms with Gasteiger partial charge in [-0.1, -0.05) is 0 Å². The van der Waals surface area contributed by atoms with E-state index in [9.17, 15) is 0 Å². The van der Waals surface area contributed by atoms with Crippen molar-refractivity contribution in [1.82, 2.24) is 4.98 Å². The highest BCUT2D eigenvalue weighted by atomic mass is 32.2. The van der Waals surface area contributed by atoms with Crippen LogP contribution in [0, 0.1) is 0 Å². The number of pyridine rings is 1. The molecule has 0 radical (unpaired) electrons. The summed E-state index contributed by atoms with van der Waals surface area (Å²) in [4.78, 5) is 4.15. The van der Waals surface area contributed by atoms with E-state index in [-0.39, 0.29) is 0 Å². The van der Waals surface area contributed by atoms with Gasteiger partial charge in [-0.2, -0.15) is 0 Å². The quantitative estimate of drug-likeness (QED) is 0.648. The maximum Gasteiger partial charge on any atom is 0.151 e. The Morgan fingerprint density at radius 3 is 3.09 bits per heavy atom. The Morgan fingerprint density at radius 2 is 2.45 bits per heavy atom. The minimum atomic E-state index is 0.694. The van der Waals surface area contributed by atoms with Gasteiger partial charge in [0.05, 0.1) is 6.61 Å². The average Bonchev–Trinajstić information content (AvgIpc) is 2.06. The van der Waals surface area contributed by atoms with Crippen LogP contribution in [0.1, 0.15) is 6.92 Å². The summed E-state index contributed by atoms with van der Waals surface area (Å²) in [6.07, 6.45) is 3.76. The lowest BCUT2D eigenvalue weighted by Crippen LogP contribution is -1.93. The summed E-state index contributed by atoms with van der Waals surface area (Å²) in [6.45, 7) is 2.66. The zero-order valence-electron chi connectivity index (χ0n) is 6.70. The number of aromatic nitrogens is 1. The maximum atomic E-state index is 5.34. The minimum Gasteiger partial charge on any atom is -0.491 e. The van der Waals surface area contributed by atoms with E-state index >= 15 is 0 Å². The molecule has 0 bridgehead atoms. The normalized spacial score (nSPS) is 9.64. The molecule has 0 aliphatic carbocycles. The van der Waals surface area contributed by atoms with Crippen molar-refractivity contribution in [2.24, 2.45) is 0 Å². The van der Waals surface area contributed by atoms with Crippen LogP contribution in [0.15, 0.2) is 23.4 Å². The summed E-state index contributed by atoms with van der Waals surface area (Å²) in [7, 11) is 0. The number of nitrogens with zero attached hydrogens (tertiary/aromatic N) is 1. The molecule has 0 saturated carbocycles. The number of ether oxygens (including phenoxy) is 1. The smallest absolute Gasteiger partial charge is 0.151 e. The predicted molar refractivity (Wildman–Crippen MR) is 47.2 cm³/mol. The lowest BCUT2D eigenvalue weighted by Gasteiger charge is -2.05. The van der Waals surface area contributed by atoms with Crippen molar-refractivity contribution in [3.63, 3.8) is 0 Å². The maximum absolute atomic E-state index is 5.34. The van der Waals surface area contributed by atoms with Gasteiger partial charge in [-0.25, -0.2) is 4.98 Å². The third-order valence-electron chi connectivity index (χ3n) is 1.23. The third-order valence-corrected chi connectivity index (χ3v) is 1.92. The monoisotopic (exact) mass is 169 g/mol. The molecule has 0 atom stereocenters. The standard InChI is InChI=1S/C8H11NOS/c1-3-10-7-5-4-6-9-8(7)11-2/h4-6H,3H2,1-2H3. The number of thioether (sulfide) groups is 1. The van der Waals surface area contributed by atoms with Crippen LogP contribution in [-0.4, -0.2) is 17.8 Å². The summed E-state index contributed by atoms with van der Waals surface area (Å²) < 4.78 is 5.34. The summed E-state index contributed by atoms with van der Waals surface area (Å²) in [5.41, 5.74) is 0. The van der Waals surface area contributed by atoms with Gasteiger partial charge in [-0.3, -0.25) is 0 Å². The van der Waals surface area contributed by atoms with Gasteiger partial charge in [0, 0.05) is 6.20 Å². The van der Waals surface area contributed by atoms with Crippen LogP contribution in [0.2, 0.25) is 0 Å². The van der Waals surface area contributed by atoms with Crippen LogP contribution < -0.4 is 4.74 Å². The lowest BCUT2D eigenvalue weighted by atomic mass is 10.5. The van der Waals surface area contributed by atoms with Gasteiger partial charge in [0.1, 0.15) is 5.03 Å². The molecular weight excluding hydrogens is 158 g/mol. The molecule has 2 nitrogen and oxygen atoms in total. The second-order valence-corrected chi connectivity index (χ2v) is 2.74. The van der Waals surface area contributed by atoms with E-state index in [0.29, 0.717) is 6.61 Å². The van der Waals surface area contributed by atoms with Crippen LogP contribution in [0.25, 0.3) is 0 Å². The fraction of sp³-hybridized carbons (Fsp3) is 0.375. The Balaban J connectivity index is 2.83. The first kappa shape index (κ1) is 8.40. The Kier molecular flexibility index (Phi) is 3.23. The van der Waals surface area contributed by atoms with Crippen molar-refractivity contribution in [2.75, 3.05) is 12.9 Å². The molecule has 0 unspecified atom stereocenters. The fourth-order valence-electron chi connectivity index (χ4n) is 0.795. The summed E-state index contributed by atoms with van der Waals surface area (Å²) >= 11 is 1.60. The van der Waals surface area contributed by atoms with Crippen molar-refractivity contribution in [3.05, 3.63) is 18.3 Å². The molecule has 3 heteroatoms. The van der Waals surface area contributed by atoms with Crippen molar-refractivity contribution in [3.8, 4) is 5.75 Å². The van der Waals surface area contributed by atoms with E-state index in [1.165, 1.54) is 0 Å². The first-order valence-electron chi connectivity index (χ1n) is 3.50. The van der Waals surface area contributed by atoms with E-state index in [1.54, 1.807) is 18.0 Å². The van der Waals surface area contributed by atoms with Crippen LogP contribution in [0.4, 0.5) is 0 Å². The topological polar surface area (TPSA) is 22.1 Å². The van der Waals surface area contributed by atoms with Crippen molar-refractivity contribution in [2.45, 2.75) is 11.9 Å². The molecule has 11 heavy (non-hydrogen) atoms. The molecule has 1 heterocycles. The van der Waals surface area contributed by atoms with Gasteiger partial charge in [-0.15, -0.1) is 11.8 Å². The van der Waals surface area contributed by atoms with Gasteiger partial charge in [0.25, 0.3) is 0 Å². The van der Waals surface area contributed by atoms with Crippen LogP contribution >= 0.6 is 11.8 Å². The molecule has 0 aliphatic rings. The molecule has 0 aromatic carbocycles. The van der Waals surface area contributed by atoms with Gasteiger partial charge in [-0.05, 0) is 25.3 Å². The van der Waals surface area contributed by atoms with Crippen LogP contribution in [0.3, 0.4) is 0 Å². The average molecular weight is 169 g/mol. The molecule has 1 aromatic rings. The fourth-order valence-corrected chi connectivity index (χ4v) is 1.29. The van der Waals surface area contributed by atoms with Crippen molar-refractivity contribution < 1.29 is 4.74 Å². The molecule has 60 valence electrons. The number of hydrogen-bond donors (Lipinski definition) is 0. The highest BCUT2D eigenvalue weighted by Crippen LogP contribution is 2.23. The highest BCUT2D eigenvalue weighted by molar-refractivity contribution is 7.98. The molecule has 0 spiro atoms. The van der Waals surface area contributed by atoms with Crippen LogP contribution in [-0.2, 0) is 0 Å². The van der Waals surface area contributed by atoms with E-state index in [0.717, 1.165) is 10.8 Å². The van der Waals surface area contributed by atoms with Gasteiger partial charge in [0.2, 0.25) is 0 Å².